The highest BCUT2D eigenvalue weighted by Crippen LogP contribution is 2.27. The molecule has 2 saturated heterocycles. The van der Waals surface area contributed by atoms with Gasteiger partial charge in [-0.15, -0.1) is 11.8 Å². The Hall–Kier alpha value is -0.700. The Balaban J connectivity index is 1.48. The Labute approximate surface area is 161 Å². The number of hydrogen-bond acceptors (Lipinski definition) is 6. The van der Waals surface area contributed by atoms with Crippen molar-refractivity contribution in [2.75, 3.05) is 48.3 Å². The molecule has 0 saturated carbocycles. The summed E-state index contributed by atoms with van der Waals surface area (Å²) in [4.78, 5) is 20.5. The van der Waals surface area contributed by atoms with Crippen molar-refractivity contribution < 1.29 is 13.2 Å². The Bertz CT molecular complexity index is 752. The predicted octanol–water partition coefficient (Wildman–Crippen LogP) is 1.96. The van der Waals surface area contributed by atoms with Gasteiger partial charge in [0.1, 0.15) is 5.82 Å². The molecule has 0 N–H and O–H groups in total. The Morgan fingerprint density at radius 2 is 2.00 bits per heavy atom. The normalized spacial score (nSPS) is 23.0. The molecule has 1 amide bonds. The van der Waals surface area contributed by atoms with Gasteiger partial charge < -0.3 is 9.80 Å². The number of rotatable bonds is 4. The Kier molecular flexibility index (Phi) is 6.03. The minimum atomic E-state index is -2.89. The maximum absolute atomic E-state index is 12.3. The quantitative estimate of drug-likeness (QED) is 0.736. The first kappa shape index (κ1) is 19.1. The molecule has 1 aromatic rings. The summed E-state index contributed by atoms with van der Waals surface area (Å²) in [5, 5.41) is 1.05. The number of pyridine rings is 1. The van der Waals surface area contributed by atoms with Gasteiger partial charge in [-0.3, -0.25) is 4.79 Å². The summed E-state index contributed by atoms with van der Waals surface area (Å²) in [6.07, 6.45) is 2.21. The first-order chi connectivity index (χ1) is 11.8. The van der Waals surface area contributed by atoms with Crippen molar-refractivity contribution in [3.63, 3.8) is 0 Å². The average molecular weight is 424 g/mol. The smallest absolute Gasteiger partial charge is 0.232 e. The average Bonchev–Trinajstić information content (AvgIpc) is 2.92. The minimum Gasteiger partial charge on any atom is -0.352 e. The number of aromatic nitrogens is 1. The number of carbonyl (C=O) groups is 1. The molecule has 6 nitrogen and oxygen atoms in total. The summed E-state index contributed by atoms with van der Waals surface area (Å²) in [6.45, 7) is 2.51. The van der Waals surface area contributed by atoms with Gasteiger partial charge in [0.25, 0.3) is 0 Å². The second kappa shape index (κ2) is 7.90. The molecule has 0 bridgehead atoms. The van der Waals surface area contributed by atoms with Crippen LogP contribution in [0.2, 0.25) is 10.0 Å². The van der Waals surface area contributed by atoms with Crippen LogP contribution in [0.4, 0.5) is 5.82 Å². The number of thioether (sulfide) groups is 1. The number of piperazine rings is 1. The van der Waals surface area contributed by atoms with Crippen LogP contribution in [0.15, 0.2) is 12.3 Å². The van der Waals surface area contributed by atoms with Gasteiger partial charge in [0.15, 0.2) is 9.84 Å². The van der Waals surface area contributed by atoms with Crippen LogP contribution in [0, 0.1) is 0 Å². The number of amides is 1. The third-order valence-electron chi connectivity index (χ3n) is 4.35. The number of hydrogen-bond donors (Lipinski definition) is 0. The van der Waals surface area contributed by atoms with Crippen LogP contribution in [-0.4, -0.2) is 72.9 Å². The SMILES string of the molecule is O=C(CSC1CCS(=O)(=O)C1)N1CCN(c2ncc(Cl)cc2Cl)CC1. The van der Waals surface area contributed by atoms with E-state index in [1.165, 1.54) is 11.8 Å². The second-order valence-electron chi connectivity index (χ2n) is 6.16. The molecular formula is C15H19Cl2N3O3S2. The van der Waals surface area contributed by atoms with E-state index in [0.29, 0.717) is 54.2 Å². The van der Waals surface area contributed by atoms with Crippen molar-refractivity contribution in [3.05, 3.63) is 22.3 Å². The van der Waals surface area contributed by atoms with E-state index < -0.39 is 9.84 Å². The highest BCUT2D eigenvalue weighted by molar-refractivity contribution is 8.02. The topological polar surface area (TPSA) is 70.6 Å². The zero-order chi connectivity index (χ0) is 18.0. The van der Waals surface area contributed by atoms with Gasteiger partial charge in [0.05, 0.1) is 27.3 Å². The summed E-state index contributed by atoms with van der Waals surface area (Å²) in [5.74, 6) is 1.51. The zero-order valence-corrected chi connectivity index (χ0v) is 16.7. The van der Waals surface area contributed by atoms with Crippen molar-refractivity contribution in [3.8, 4) is 0 Å². The fourth-order valence-electron chi connectivity index (χ4n) is 2.98. The molecule has 1 atom stereocenters. The van der Waals surface area contributed by atoms with Crippen LogP contribution in [-0.2, 0) is 14.6 Å². The molecule has 2 fully saturated rings. The highest BCUT2D eigenvalue weighted by atomic mass is 35.5. The maximum Gasteiger partial charge on any atom is 0.232 e. The van der Waals surface area contributed by atoms with Gasteiger partial charge in [0.2, 0.25) is 5.91 Å². The van der Waals surface area contributed by atoms with Crippen LogP contribution >= 0.6 is 35.0 Å². The van der Waals surface area contributed by atoms with E-state index in [1.807, 2.05) is 9.80 Å². The lowest BCUT2D eigenvalue weighted by Gasteiger charge is -2.35. The number of nitrogens with zero attached hydrogens (tertiary/aromatic N) is 3. The van der Waals surface area contributed by atoms with Gasteiger partial charge in [0, 0.05) is 37.6 Å². The first-order valence-electron chi connectivity index (χ1n) is 8.00. The van der Waals surface area contributed by atoms with E-state index in [2.05, 4.69) is 4.98 Å². The third kappa shape index (κ3) is 4.93. The van der Waals surface area contributed by atoms with Gasteiger partial charge >= 0.3 is 0 Å². The molecule has 25 heavy (non-hydrogen) atoms. The van der Waals surface area contributed by atoms with Crippen LogP contribution in [0.5, 0.6) is 0 Å². The van der Waals surface area contributed by atoms with Crippen LogP contribution < -0.4 is 4.90 Å². The molecule has 0 aromatic carbocycles. The molecule has 0 spiro atoms. The summed E-state index contributed by atoms with van der Waals surface area (Å²) in [7, 11) is -2.89. The summed E-state index contributed by atoms with van der Waals surface area (Å²) >= 11 is 13.5. The van der Waals surface area contributed by atoms with Crippen LogP contribution in [0.25, 0.3) is 0 Å². The number of halogens is 2. The van der Waals surface area contributed by atoms with Crippen molar-refractivity contribution >= 4 is 56.5 Å². The molecule has 0 aliphatic carbocycles. The Morgan fingerprint density at radius 1 is 1.28 bits per heavy atom. The monoisotopic (exact) mass is 423 g/mol. The first-order valence-corrected chi connectivity index (χ1v) is 11.6. The van der Waals surface area contributed by atoms with E-state index in [4.69, 9.17) is 23.2 Å². The van der Waals surface area contributed by atoms with E-state index in [1.54, 1.807) is 12.3 Å². The molecule has 3 rings (SSSR count). The van der Waals surface area contributed by atoms with Crippen molar-refractivity contribution in [2.45, 2.75) is 11.7 Å². The van der Waals surface area contributed by atoms with Crippen LogP contribution in [0.3, 0.4) is 0 Å². The summed E-state index contributed by atoms with van der Waals surface area (Å²) < 4.78 is 22.9. The van der Waals surface area contributed by atoms with Crippen LogP contribution in [0.1, 0.15) is 6.42 Å². The summed E-state index contributed by atoms with van der Waals surface area (Å²) in [6, 6.07) is 1.66. The number of anilines is 1. The van der Waals surface area contributed by atoms with E-state index in [-0.39, 0.29) is 22.7 Å². The van der Waals surface area contributed by atoms with E-state index in [9.17, 15) is 13.2 Å². The minimum absolute atomic E-state index is 0.0484. The molecule has 2 aliphatic rings. The molecule has 138 valence electrons. The molecule has 2 aliphatic heterocycles. The van der Waals surface area contributed by atoms with E-state index >= 15 is 0 Å². The molecule has 0 radical (unpaired) electrons. The van der Waals surface area contributed by atoms with Crippen molar-refractivity contribution in [1.29, 1.82) is 0 Å². The summed E-state index contributed by atoms with van der Waals surface area (Å²) in [5.41, 5.74) is 0. The molecular weight excluding hydrogens is 405 g/mol. The van der Waals surface area contributed by atoms with Gasteiger partial charge in [-0.1, -0.05) is 23.2 Å². The lowest BCUT2D eigenvalue weighted by Crippen LogP contribution is -2.49. The predicted molar refractivity (Wildman–Crippen MR) is 103 cm³/mol. The van der Waals surface area contributed by atoms with Crippen molar-refractivity contribution in [2.24, 2.45) is 0 Å². The second-order valence-corrected chi connectivity index (χ2v) is 10.5. The number of carbonyl (C=O) groups excluding carboxylic acids is 1. The molecule has 1 unspecified atom stereocenters. The van der Waals surface area contributed by atoms with Crippen molar-refractivity contribution in [1.82, 2.24) is 9.88 Å². The standard InChI is InChI=1S/C15H19Cl2N3O3S2/c16-11-7-13(17)15(18-8-11)20-4-2-19(3-5-20)14(21)9-24-12-1-6-25(22,23)10-12/h7-8,12H,1-6,9-10H2. The molecule has 10 heteroatoms. The van der Waals surface area contributed by atoms with E-state index in [0.717, 1.165) is 0 Å². The molecule has 3 heterocycles. The van der Waals surface area contributed by atoms with Gasteiger partial charge in [-0.05, 0) is 12.5 Å². The highest BCUT2D eigenvalue weighted by Gasteiger charge is 2.30. The zero-order valence-electron chi connectivity index (χ0n) is 13.5. The lowest BCUT2D eigenvalue weighted by molar-refractivity contribution is -0.128. The van der Waals surface area contributed by atoms with Gasteiger partial charge in [-0.25, -0.2) is 13.4 Å². The largest absolute Gasteiger partial charge is 0.352 e. The number of sulfone groups is 1. The third-order valence-corrected chi connectivity index (χ3v) is 8.10. The lowest BCUT2D eigenvalue weighted by atomic mass is 10.3. The fourth-order valence-corrected chi connectivity index (χ4v) is 7.02. The Morgan fingerprint density at radius 3 is 2.60 bits per heavy atom. The van der Waals surface area contributed by atoms with Gasteiger partial charge in [-0.2, -0.15) is 0 Å². The molecule has 1 aromatic heterocycles. The fraction of sp³-hybridized carbons (Fsp3) is 0.600. The maximum atomic E-state index is 12.3.